The zero-order valence-corrected chi connectivity index (χ0v) is 18.7. The second-order valence-electron chi connectivity index (χ2n) is 8.37. The Balaban J connectivity index is 1.22. The van der Waals surface area contributed by atoms with Gasteiger partial charge in [-0.15, -0.1) is 0 Å². The molecule has 1 aromatic carbocycles. The second kappa shape index (κ2) is 10.1. The van der Waals surface area contributed by atoms with Crippen LogP contribution in [0.25, 0.3) is 5.82 Å². The third-order valence-electron chi connectivity index (χ3n) is 6.26. The summed E-state index contributed by atoms with van der Waals surface area (Å²) in [4.78, 5) is 26.5. The van der Waals surface area contributed by atoms with Crippen molar-refractivity contribution in [3.63, 3.8) is 0 Å². The van der Waals surface area contributed by atoms with Gasteiger partial charge in [-0.3, -0.25) is 14.3 Å². The Labute approximate surface area is 193 Å². The van der Waals surface area contributed by atoms with Gasteiger partial charge in [0.25, 0.3) is 5.91 Å². The number of nitrogens with zero attached hydrogens (tertiary/aromatic N) is 5. The van der Waals surface area contributed by atoms with Crippen LogP contribution in [0.1, 0.15) is 34.9 Å². The normalized spacial score (nSPS) is 19.0. The fraction of sp³-hybridized carbons (Fsp3) is 0.400. The number of likely N-dealkylation sites (tertiary alicyclic amines) is 1. The van der Waals surface area contributed by atoms with Crippen molar-refractivity contribution in [3.05, 3.63) is 72.4 Å². The quantitative estimate of drug-likeness (QED) is 0.555. The number of morpholine rings is 1. The molecule has 2 aromatic heterocycles. The van der Waals surface area contributed by atoms with Crippen molar-refractivity contribution >= 4 is 5.91 Å². The Kier molecular flexibility index (Phi) is 6.64. The maximum absolute atomic E-state index is 13.3. The lowest BCUT2D eigenvalue weighted by molar-refractivity contribution is 0.0322. The van der Waals surface area contributed by atoms with Crippen molar-refractivity contribution in [2.24, 2.45) is 0 Å². The summed E-state index contributed by atoms with van der Waals surface area (Å²) in [6, 6.07) is 13.4. The van der Waals surface area contributed by atoms with Gasteiger partial charge in [0.15, 0.2) is 0 Å². The van der Waals surface area contributed by atoms with Gasteiger partial charge in [-0.1, -0.05) is 6.07 Å². The van der Waals surface area contributed by atoms with Crippen LogP contribution in [0, 0.1) is 0 Å². The molecule has 8 heteroatoms. The van der Waals surface area contributed by atoms with Crippen LogP contribution < -0.4 is 4.74 Å². The molecule has 0 radical (unpaired) electrons. The number of hydrogen-bond acceptors (Lipinski definition) is 6. The predicted octanol–water partition coefficient (Wildman–Crippen LogP) is 2.96. The molecule has 0 saturated carbocycles. The molecule has 5 rings (SSSR count). The van der Waals surface area contributed by atoms with E-state index in [1.54, 1.807) is 12.5 Å². The van der Waals surface area contributed by atoms with Crippen molar-refractivity contribution in [3.8, 4) is 11.6 Å². The average molecular weight is 448 g/mol. The summed E-state index contributed by atoms with van der Waals surface area (Å²) in [5, 5.41) is 0. The Bertz CT molecular complexity index is 1050. The monoisotopic (exact) mass is 447 g/mol. The van der Waals surface area contributed by atoms with E-state index in [0.717, 1.165) is 69.5 Å². The number of rotatable bonds is 7. The van der Waals surface area contributed by atoms with Crippen LogP contribution in [-0.4, -0.2) is 76.2 Å². The maximum Gasteiger partial charge on any atom is 0.254 e. The van der Waals surface area contributed by atoms with Crippen molar-refractivity contribution in [2.75, 3.05) is 46.0 Å². The molecule has 4 heterocycles. The van der Waals surface area contributed by atoms with Gasteiger partial charge >= 0.3 is 0 Å². The number of benzene rings is 1. The Morgan fingerprint density at radius 2 is 1.94 bits per heavy atom. The lowest BCUT2D eigenvalue weighted by Gasteiger charge is -2.26. The summed E-state index contributed by atoms with van der Waals surface area (Å²) in [6.07, 6.45) is 7.21. The number of carbonyl (C=O) groups excluding carboxylic acids is 1. The molecule has 0 spiro atoms. The number of ether oxygens (including phenoxy) is 2. The van der Waals surface area contributed by atoms with Crippen LogP contribution in [0.5, 0.6) is 5.75 Å². The van der Waals surface area contributed by atoms with E-state index in [9.17, 15) is 4.79 Å². The summed E-state index contributed by atoms with van der Waals surface area (Å²) in [5.41, 5.74) is 1.59. The van der Waals surface area contributed by atoms with Crippen LogP contribution in [0.2, 0.25) is 0 Å². The first kappa shape index (κ1) is 21.6. The molecule has 0 N–H and O–H groups in total. The topological polar surface area (TPSA) is 72.7 Å². The fourth-order valence-corrected chi connectivity index (χ4v) is 4.46. The van der Waals surface area contributed by atoms with Crippen molar-refractivity contribution in [2.45, 2.75) is 18.9 Å². The maximum atomic E-state index is 13.3. The minimum atomic E-state index is -0.0228. The predicted molar refractivity (Wildman–Crippen MR) is 124 cm³/mol. The molecule has 8 nitrogen and oxygen atoms in total. The van der Waals surface area contributed by atoms with Gasteiger partial charge in [0.05, 0.1) is 24.9 Å². The number of carbonyl (C=O) groups is 1. The van der Waals surface area contributed by atoms with Gasteiger partial charge < -0.3 is 14.4 Å². The first-order valence-electron chi connectivity index (χ1n) is 11.6. The Morgan fingerprint density at radius 3 is 2.73 bits per heavy atom. The molecule has 1 atom stereocenters. The van der Waals surface area contributed by atoms with Crippen molar-refractivity contribution in [1.82, 2.24) is 24.3 Å². The zero-order chi connectivity index (χ0) is 22.5. The van der Waals surface area contributed by atoms with Gasteiger partial charge in [-0.05, 0) is 49.2 Å². The molecular weight excluding hydrogens is 418 g/mol. The van der Waals surface area contributed by atoms with E-state index in [-0.39, 0.29) is 11.9 Å². The summed E-state index contributed by atoms with van der Waals surface area (Å²) >= 11 is 0. The number of aromatic nitrogens is 3. The fourth-order valence-electron chi connectivity index (χ4n) is 4.46. The Hall–Kier alpha value is -3.23. The van der Waals surface area contributed by atoms with Gasteiger partial charge in [-0.25, -0.2) is 9.97 Å². The van der Waals surface area contributed by atoms with E-state index in [1.165, 1.54) is 0 Å². The highest BCUT2D eigenvalue weighted by atomic mass is 16.5. The van der Waals surface area contributed by atoms with E-state index in [2.05, 4.69) is 9.88 Å². The minimum absolute atomic E-state index is 0.0228. The van der Waals surface area contributed by atoms with Crippen molar-refractivity contribution in [1.29, 1.82) is 0 Å². The lowest BCUT2D eigenvalue weighted by Crippen LogP contribution is -2.38. The molecule has 172 valence electrons. The van der Waals surface area contributed by atoms with E-state index in [1.807, 2.05) is 58.1 Å². The minimum Gasteiger partial charge on any atom is -0.492 e. The van der Waals surface area contributed by atoms with Crippen LogP contribution in [-0.2, 0) is 4.74 Å². The number of amides is 1. The van der Waals surface area contributed by atoms with Gasteiger partial charge in [0.1, 0.15) is 24.5 Å². The summed E-state index contributed by atoms with van der Waals surface area (Å²) in [6.45, 7) is 5.72. The highest BCUT2D eigenvalue weighted by molar-refractivity contribution is 5.94. The lowest BCUT2D eigenvalue weighted by atomic mass is 10.1. The molecule has 0 unspecified atom stereocenters. The molecule has 33 heavy (non-hydrogen) atoms. The molecular formula is C25H29N5O3. The smallest absolute Gasteiger partial charge is 0.254 e. The SMILES string of the molecule is O=C(c1ccc(OCCN2CCOCC2)cc1)N1CCC[C@H]1c1cccc(-n2ccnc2)n1. The van der Waals surface area contributed by atoms with Crippen LogP contribution in [0.4, 0.5) is 0 Å². The number of hydrogen-bond donors (Lipinski definition) is 0. The van der Waals surface area contributed by atoms with E-state index < -0.39 is 0 Å². The molecule has 2 aliphatic rings. The molecule has 0 aliphatic carbocycles. The number of pyridine rings is 1. The third kappa shape index (κ3) is 5.07. The van der Waals surface area contributed by atoms with Gasteiger partial charge in [-0.2, -0.15) is 0 Å². The molecule has 3 aromatic rings. The first-order valence-corrected chi connectivity index (χ1v) is 11.6. The van der Waals surface area contributed by atoms with Crippen LogP contribution in [0.15, 0.2) is 61.2 Å². The molecule has 0 bridgehead atoms. The summed E-state index contributed by atoms with van der Waals surface area (Å²) in [7, 11) is 0. The van der Waals surface area contributed by atoms with Gasteiger partial charge in [0.2, 0.25) is 0 Å². The largest absolute Gasteiger partial charge is 0.492 e. The highest BCUT2D eigenvalue weighted by Gasteiger charge is 2.31. The number of imidazole rings is 1. The summed E-state index contributed by atoms with van der Waals surface area (Å²) < 4.78 is 13.1. The van der Waals surface area contributed by atoms with Crippen LogP contribution >= 0.6 is 0 Å². The molecule has 1 amide bonds. The Morgan fingerprint density at radius 1 is 1.09 bits per heavy atom. The van der Waals surface area contributed by atoms with Crippen molar-refractivity contribution < 1.29 is 14.3 Å². The summed E-state index contributed by atoms with van der Waals surface area (Å²) in [5.74, 6) is 1.63. The van der Waals surface area contributed by atoms with E-state index >= 15 is 0 Å². The second-order valence-corrected chi connectivity index (χ2v) is 8.37. The third-order valence-corrected chi connectivity index (χ3v) is 6.26. The van der Waals surface area contributed by atoms with E-state index in [4.69, 9.17) is 14.5 Å². The molecule has 2 saturated heterocycles. The standard InChI is InChI=1S/C25H29N5O3/c31-25(20-6-8-21(9-7-20)33-18-15-28-13-16-32-17-14-28)30-11-2-4-23(30)22-3-1-5-24(27-22)29-12-10-26-19-29/h1,3,5-10,12,19,23H,2,4,11,13-18H2/t23-/m0/s1. The zero-order valence-electron chi connectivity index (χ0n) is 18.7. The first-order chi connectivity index (χ1) is 16.3. The highest BCUT2D eigenvalue weighted by Crippen LogP contribution is 2.32. The van der Waals surface area contributed by atoms with Gasteiger partial charge in [0, 0.05) is 44.1 Å². The van der Waals surface area contributed by atoms with Crippen LogP contribution in [0.3, 0.4) is 0 Å². The molecule has 2 fully saturated rings. The molecule has 2 aliphatic heterocycles. The van der Waals surface area contributed by atoms with E-state index in [0.29, 0.717) is 12.2 Å². The average Bonchev–Trinajstić information content (AvgIpc) is 3.58.